The van der Waals surface area contributed by atoms with E-state index in [2.05, 4.69) is 5.10 Å². The number of aromatic nitrogens is 2. The number of aryl methyl sites for hydroxylation is 2. The number of ketones is 1. The van der Waals surface area contributed by atoms with Gasteiger partial charge in [-0.1, -0.05) is 23.8 Å². The summed E-state index contributed by atoms with van der Waals surface area (Å²) in [6, 6.07) is 7.77. The van der Waals surface area contributed by atoms with Crippen molar-refractivity contribution in [3.05, 3.63) is 67.7 Å². The molecular formula is C14H14N2O3. The molecular weight excluding hydrogens is 244 g/mol. The predicted octanol–water partition coefficient (Wildman–Crippen LogP) is 1.04. The van der Waals surface area contributed by atoms with Gasteiger partial charge in [-0.05, 0) is 19.4 Å². The van der Waals surface area contributed by atoms with Gasteiger partial charge in [-0.25, -0.2) is 4.68 Å². The van der Waals surface area contributed by atoms with Crippen molar-refractivity contribution in [2.45, 2.75) is 20.4 Å². The zero-order chi connectivity index (χ0) is 14.0. The monoisotopic (exact) mass is 258 g/mol. The summed E-state index contributed by atoms with van der Waals surface area (Å²) < 4.78 is 1.02. The maximum Gasteiger partial charge on any atom is 0.265 e. The van der Waals surface area contributed by atoms with Crippen molar-refractivity contribution in [2.75, 3.05) is 0 Å². The highest BCUT2D eigenvalue weighted by Crippen LogP contribution is 2.11. The van der Waals surface area contributed by atoms with E-state index in [1.807, 2.05) is 26.0 Å². The Balaban J connectivity index is 2.33. The highest BCUT2D eigenvalue weighted by Gasteiger charge is 2.11. The van der Waals surface area contributed by atoms with Crippen LogP contribution in [0, 0.1) is 13.8 Å². The molecule has 19 heavy (non-hydrogen) atoms. The van der Waals surface area contributed by atoms with Gasteiger partial charge >= 0.3 is 0 Å². The molecule has 2 rings (SSSR count). The average Bonchev–Trinajstić information content (AvgIpc) is 2.33. The Labute approximate surface area is 109 Å². The van der Waals surface area contributed by atoms with Crippen LogP contribution in [-0.2, 0) is 6.54 Å². The topological polar surface area (TPSA) is 71.9 Å². The van der Waals surface area contributed by atoms with Gasteiger partial charge in [0.25, 0.3) is 11.1 Å². The van der Waals surface area contributed by atoms with E-state index in [1.54, 1.807) is 6.07 Å². The number of aromatic amines is 1. The van der Waals surface area contributed by atoms with Crippen LogP contribution in [0.15, 0.2) is 39.9 Å². The van der Waals surface area contributed by atoms with Crippen molar-refractivity contribution < 1.29 is 4.79 Å². The highest BCUT2D eigenvalue weighted by molar-refractivity contribution is 5.97. The summed E-state index contributed by atoms with van der Waals surface area (Å²) in [5.41, 5.74) is 1.67. The van der Waals surface area contributed by atoms with Crippen LogP contribution in [0.5, 0.6) is 0 Å². The number of Topliss-reactive ketones (excluding diaryl/α,β-unsaturated/α-hetero) is 1. The summed E-state index contributed by atoms with van der Waals surface area (Å²) >= 11 is 0. The maximum atomic E-state index is 12.1. The van der Waals surface area contributed by atoms with Crippen LogP contribution in [-0.4, -0.2) is 15.6 Å². The smallest absolute Gasteiger partial charge is 0.265 e. The molecule has 5 nitrogen and oxygen atoms in total. The van der Waals surface area contributed by atoms with Gasteiger partial charge in [0, 0.05) is 17.7 Å². The summed E-state index contributed by atoms with van der Waals surface area (Å²) in [6.45, 7) is 3.62. The molecule has 0 spiro atoms. The molecule has 2 aromatic rings. The SMILES string of the molecule is Cc1ccc(C(=O)Cn2[nH]c(=O)ccc2=O)c(C)c1. The minimum absolute atomic E-state index is 0.168. The second-order valence-electron chi connectivity index (χ2n) is 4.48. The van der Waals surface area contributed by atoms with Gasteiger partial charge in [0.15, 0.2) is 5.78 Å². The van der Waals surface area contributed by atoms with Crippen molar-refractivity contribution in [1.29, 1.82) is 0 Å². The lowest BCUT2D eigenvalue weighted by molar-refractivity contribution is 0.0965. The fourth-order valence-electron chi connectivity index (χ4n) is 1.94. The molecule has 0 aliphatic heterocycles. The Morgan fingerprint density at radius 3 is 2.58 bits per heavy atom. The first-order chi connectivity index (χ1) is 8.97. The van der Waals surface area contributed by atoms with E-state index in [-0.39, 0.29) is 12.3 Å². The Morgan fingerprint density at radius 2 is 1.89 bits per heavy atom. The molecule has 0 aliphatic carbocycles. The number of carbonyl (C=O) groups excluding carboxylic acids is 1. The minimum Gasteiger partial charge on any atom is -0.292 e. The predicted molar refractivity (Wildman–Crippen MR) is 71.6 cm³/mol. The van der Waals surface area contributed by atoms with Crippen LogP contribution in [0.4, 0.5) is 0 Å². The second-order valence-corrected chi connectivity index (χ2v) is 4.48. The molecule has 0 saturated carbocycles. The number of rotatable bonds is 3. The van der Waals surface area contributed by atoms with Gasteiger partial charge in [-0.15, -0.1) is 0 Å². The lowest BCUT2D eigenvalue weighted by atomic mass is 10.0. The van der Waals surface area contributed by atoms with Crippen LogP contribution in [0.25, 0.3) is 0 Å². The Kier molecular flexibility index (Phi) is 3.46. The first kappa shape index (κ1) is 13.0. The van der Waals surface area contributed by atoms with Crippen molar-refractivity contribution in [3.63, 3.8) is 0 Å². The molecule has 0 aliphatic rings. The number of hydrogen-bond acceptors (Lipinski definition) is 3. The number of nitrogens with zero attached hydrogens (tertiary/aromatic N) is 1. The molecule has 0 saturated heterocycles. The van der Waals surface area contributed by atoms with E-state index >= 15 is 0 Å². The Bertz CT molecular complexity index is 741. The third kappa shape index (κ3) is 2.88. The first-order valence-corrected chi connectivity index (χ1v) is 5.88. The normalized spacial score (nSPS) is 10.4. The third-order valence-electron chi connectivity index (χ3n) is 2.87. The first-order valence-electron chi connectivity index (χ1n) is 5.88. The zero-order valence-electron chi connectivity index (χ0n) is 10.8. The van der Waals surface area contributed by atoms with Gasteiger partial charge in [0.2, 0.25) is 0 Å². The van der Waals surface area contributed by atoms with Crippen LogP contribution >= 0.6 is 0 Å². The molecule has 0 amide bonds. The van der Waals surface area contributed by atoms with Crippen molar-refractivity contribution in [3.8, 4) is 0 Å². The molecule has 1 heterocycles. The molecule has 1 N–H and O–H groups in total. The third-order valence-corrected chi connectivity index (χ3v) is 2.87. The number of benzene rings is 1. The Hall–Kier alpha value is -2.43. The van der Waals surface area contributed by atoms with E-state index in [1.165, 1.54) is 0 Å². The number of H-pyrrole nitrogens is 1. The van der Waals surface area contributed by atoms with Crippen LogP contribution < -0.4 is 11.1 Å². The van der Waals surface area contributed by atoms with E-state index in [0.717, 1.165) is 27.9 Å². The number of nitrogens with one attached hydrogen (secondary N) is 1. The van der Waals surface area contributed by atoms with Gasteiger partial charge < -0.3 is 0 Å². The summed E-state index contributed by atoms with van der Waals surface area (Å²) in [4.78, 5) is 34.8. The summed E-state index contributed by atoms with van der Waals surface area (Å²) in [5.74, 6) is -0.207. The van der Waals surface area contributed by atoms with Gasteiger partial charge in [-0.2, -0.15) is 0 Å². The lowest BCUT2D eigenvalue weighted by Gasteiger charge is -2.07. The molecule has 1 aromatic heterocycles. The summed E-state index contributed by atoms with van der Waals surface area (Å²) in [5, 5.41) is 2.33. The van der Waals surface area contributed by atoms with Gasteiger partial charge in [0.05, 0.1) is 0 Å². The molecule has 0 fully saturated rings. The van der Waals surface area contributed by atoms with Crippen LogP contribution in [0.1, 0.15) is 21.5 Å². The molecule has 0 atom stereocenters. The fourth-order valence-corrected chi connectivity index (χ4v) is 1.94. The largest absolute Gasteiger partial charge is 0.292 e. The lowest BCUT2D eigenvalue weighted by Crippen LogP contribution is -2.31. The van der Waals surface area contributed by atoms with E-state index in [0.29, 0.717) is 5.56 Å². The second kappa shape index (κ2) is 5.06. The standard InChI is InChI=1S/C14H14N2O3/c1-9-3-4-11(10(2)7-9)12(17)8-16-14(19)6-5-13(18)15-16/h3-7H,8H2,1-2H3,(H,15,18). The van der Waals surface area contributed by atoms with Crippen molar-refractivity contribution >= 4 is 5.78 Å². The molecule has 0 unspecified atom stereocenters. The quantitative estimate of drug-likeness (QED) is 0.836. The number of hydrogen-bond donors (Lipinski definition) is 1. The molecule has 1 aromatic carbocycles. The van der Waals surface area contributed by atoms with Crippen molar-refractivity contribution in [1.82, 2.24) is 9.78 Å². The average molecular weight is 258 g/mol. The number of carbonyl (C=O) groups is 1. The van der Waals surface area contributed by atoms with E-state index < -0.39 is 11.1 Å². The molecule has 5 heteroatoms. The maximum absolute atomic E-state index is 12.1. The van der Waals surface area contributed by atoms with E-state index in [4.69, 9.17) is 0 Å². The van der Waals surface area contributed by atoms with Gasteiger partial charge in [-0.3, -0.25) is 19.5 Å². The zero-order valence-corrected chi connectivity index (χ0v) is 10.8. The molecule has 0 radical (unpaired) electrons. The fraction of sp³-hybridized carbons (Fsp3) is 0.214. The highest BCUT2D eigenvalue weighted by atomic mass is 16.2. The summed E-state index contributed by atoms with van der Waals surface area (Å²) in [7, 11) is 0. The summed E-state index contributed by atoms with van der Waals surface area (Å²) in [6.07, 6.45) is 0. The van der Waals surface area contributed by atoms with Gasteiger partial charge in [0.1, 0.15) is 6.54 Å². The molecule has 98 valence electrons. The minimum atomic E-state index is -0.409. The van der Waals surface area contributed by atoms with Crippen LogP contribution in [0.3, 0.4) is 0 Å². The van der Waals surface area contributed by atoms with E-state index in [9.17, 15) is 14.4 Å². The van der Waals surface area contributed by atoms with Crippen LogP contribution in [0.2, 0.25) is 0 Å². The van der Waals surface area contributed by atoms with Crippen molar-refractivity contribution in [2.24, 2.45) is 0 Å². The Morgan fingerprint density at radius 1 is 1.16 bits per heavy atom. The molecule has 0 bridgehead atoms.